The second-order valence-electron chi connectivity index (χ2n) is 2.44. The van der Waals surface area contributed by atoms with Gasteiger partial charge in [-0.2, -0.15) is 5.48 Å². The lowest BCUT2D eigenvalue weighted by molar-refractivity contribution is -0.125. The van der Waals surface area contributed by atoms with Gasteiger partial charge in [-0.05, 0) is 12.1 Å². The van der Waals surface area contributed by atoms with Gasteiger partial charge >= 0.3 is 0 Å². The lowest BCUT2D eigenvalue weighted by atomic mass is 10.3. The summed E-state index contributed by atoms with van der Waals surface area (Å²) in [5.74, 6) is 0.972. The summed E-state index contributed by atoms with van der Waals surface area (Å²) in [6.07, 6.45) is 0. The van der Waals surface area contributed by atoms with Gasteiger partial charge in [0.2, 0.25) is 5.91 Å². The van der Waals surface area contributed by atoms with Gasteiger partial charge in [-0.25, -0.2) is 0 Å². The second-order valence-corrected chi connectivity index (χ2v) is 2.44. The molecule has 0 fully saturated rings. The van der Waals surface area contributed by atoms with Crippen LogP contribution in [0, 0.1) is 0 Å². The number of hydrogen-bond donors (Lipinski definition) is 1. The lowest BCUT2D eigenvalue weighted by Gasteiger charge is -2.05. The zero-order valence-electron chi connectivity index (χ0n) is 7.53. The quantitative estimate of drug-likeness (QED) is 0.711. The number of hydroxylamine groups is 1. The SMILES string of the molecule is COc1cccc(ONC(C)=O)c1. The standard InChI is InChI=1S/C9H11NO3/c1-7(11)10-13-9-5-3-4-8(6-9)12-2/h3-6H,1-2H3,(H,10,11). The van der Waals surface area contributed by atoms with Gasteiger partial charge in [-0.3, -0.25) is 4.79 Å². The van der Waals surface area contributed by atoms with Crippen molar-refractivity contribution < 1.29 is 14.4 Å². The molecule has 1 N–H and O–H groups in total. The summed E-state index contributed by atoms with van der Waals surface area (Å²) in [6.45, 7) is 1.38. The van der Waals surface area contributed by atoms with Gasteiger partial charge in [-0.15, -0.1) is 0 Å². The first-order valence-corrected chi connectivity index (χ1v) is 3.80. The molecule has 1 aromatic carbocycles. The van der Waals surface area contributed by atoms with E-state index in [1.54, 1.807) is 31.4 Å². The van der Waals surface area contributed by atoms with Crippen LogP contribution in [0.4, 0.5) is 0 Å². The molecule has 4 nitrogen and oxygen atoms in total. The van der Waals surface area contributed by atoms with E-state index >= 15 is 0 Å². The molecule has 0 aliphatic heterocycles. The van der Waals surface area contributed by atoms with Crippen LogP contribution >= 0.6 is 0 Å². The third-order valence-electron chi connectivity index (χ3n) is 1.35. The highest BCUT2D eigenvalue weighted by Gasteiger charge is 1.97. The molecule has 0 aliphatic carbocycles. The Morgan fingerprint density at radius 2 is 2.08 bits per heavy atom. The van der Waals surface area contributed by atoms with E-state index in [1.165, 1.54) is 6.92 Å². The number of carbonyl (C=O) groups excluding carboxylic acids is 1. The van der Waals surface area contributed by atoms with Crippen molar-refractivity contribution in [3.63, 3.8) is 0 Å². The van der Waals surface area contributed by atoms with Crippen molar-refractivity contribution in [2.45, 2.75) is 6.92 Å². The minimum Gasteiger partial charge on any atom is -0.497 e. The van der Waals surface area contributed by atoms with Crippen LogP contribution in [0.25, 0.3) is 0 Å². The van der Waals surface area contributed by atoms with Gasteiger partial charge < -0.3 is 9.57 Å². The molecule has 0 heterocycles. The Labute approximate surface area is 76.4 Å². The van der Waals surface area contributed by atoms with Crippen molar-refractivity contribution in [3.8, 4) is 11.5 Å². The number of hydrogen-bond acceptors (Lipinski definition) is 3. The lowest BCUT2D eigenvalue weighted by Crippen LogP contribution is -2.23. The van der Waals surface area contributed by atoms with Gasteiger partial charge in [0.15, 0.2) is 5.75 Å². The van der Waals surface area contributed by atoms with Crippen LogP contribution in [0.2, 0.25) is 0 Å². The summed E-state index contributed by atoms with van der Waals surface area (Å²) in [4.78, 5) is 15.4. The Hall–Kier alpha value is -1.71. The van der Waals surface area contributed by atoms with Crippen LogP contribution in [-0.2, 0) is 4.79 Å². The van der Waals surface area contributed by atoms with Gasteiger partial charge in [0.1, 0.15) is 5.75 Å². The van der Waals surface area contributed by atoms with E-state index in [0.29, 0.717) is 11.5 Å². The van der Waals surface area contributed by atoms with E-state index in [9.17, 15) is 4.79 Å². The van der Waals surface area contributed by atoms with E-state index in [2.05, 4.69) is 5.48 Å². The molecule has 0 aromatic heterocycles. The van der Waals surface area contributed by atoms with Crippen LogP contribution in [-0.4, -0.2) is 13.0 Å². The molecule has 0 saturated carbocycles. The summed E-state index contributed by atoms with van der Waals surface area (Å²) in [7, 11) is 1.57. The monoisotopic (exact) mass is 181 g/mol. The number of carbonyl (C=O) groups is 1. The molecule has 13 heavy (non-hydrogen) atoms. The molecule has 1 aromatic rings. The molecule has 70 valence electrons. The fraction of sp³-hybridized carbons (Fsp3) is 0.222. The van der Waals surface area contributed by atoms with Crippen LogP contribution in [0.15, 0.2) is 24.3 Å². The summed E-state index contributed by atoms with van der Waals surface area (Å²) in [5.41, 5.74) is 2.22. The van der Waals surface area contributed by atoms with E-state index in [1.807, 2.05) is 0 Å². The number of benzene rings is 1. The predicted octanol–water partition coefficient (Wildman–Crippen LogP) is 1.13. The molecule has 0 atom stereocenters. The molecule has 4 heteroatoms. The molecule has 0 bridgehead atoms. The molecule has 0 radical (unpaired) electrons. The Balaban J connectivity index is 2.61. The number of amides is 1. The number of methoxy groups -OCH3 is 1. The first kappa shape index (κ1) is 9.38. The van der Waals surface area contributed by atoms with E-state index in [-0.39, 0.29) is 5.91 Å². The fourth-order valence-electron chi connectivity index (χ4n) is 0.795. The molecular formula is C9H11NO3. The Bertz CT molecular complexity index is 299. The molecule has 1 amide bonds. The molecule has 0 saturated heterocycles. The number of ether oxygens (including phenoxy) is 1. The van der Waals surface area contributed by atoms with Crippen molar-refractivity contribution in [3.05, 3.63) is 24.3 Å². The third-order valence-corrected chi connectivity index (χ3v) is 1.35. The van der Waals surface area contributed by atoms with E-state index in [0.717, 1.165) is 0 Å². The van der Waals surface area contributed by atoms with Crippen molar-refractivity contribution in [2.75, 3.05) is 7.11 Å². The Kier molecular flexibility index (Phi) is 3.14. The molecule has 0 unspecified atom stereocenters. The average molecular weight is 181 g/mol. The predicted molar refractivity (Wildman–Crippen MR) is 47.4 cm³/mol. The highest BCUT2D eigenvalue weighted by Crippen LogP contribution is 2.17. The zero-order valence-corrected chi connectivity index (χ0v) is 7.53. The number of nitrogens with one attached hydrogen (secondary N) is 1. The van der Waals surface area contributed by atoms with Crippen molar-refractivity contribution >= 4 is 5.91 Å². The van der Waals surface area contributed by atoms with Crippen LogP contribution in [0.5, 0.6) is 11.5 Å². The fourth-order valence-corrected chi connectivity index (χ4v) is 0.795. The van der Waals surface area contributed by atoms with Crippen LogP contribution < -0.4 is 15.1 Å². The Morgan fingerprint density at radius 3 is 2.69 bits per heavy atom. The average Bonchev–Trinajstić information content (AvgIpc) is 2.15. The maximum absolute atomic E-state index is 10.5. The highest BCUT2D eigenvalue weighted by atomic mass is 16.7. The van der Waals surface area contributed by atoms with Gasteiger partial charge in [0.25, 0.3) is 0 Å². The molecular weight excluding hydrogens is 170 g/mol. The molecule has 0 aliphatic rings. The largest absolute Gasteiger partial charge is 0.497 e. The van der Waals surface area contributed by atoms with Crippen molar-refractivity contribution in [1.82, 2.24) is 5.48 Å². The topological polar surface area (TPSA) is 47.6 Å². The first-order valence-electron chi connectivity index (χ1n) is 3.80. The van der Waals surface area contributed by atoms with Crippen molar-refractivity contribution in [1.29, 1.82) is 0 Å². The van der Waals surface area contributed by atoms with E-state index in [4.69, 9.17) is 9.57 Å². The van der Waals surface area contributed by atoms with Crippen LogP contribution in [0.3, 0.4) is 0 Å². The normalized spacial score (nSPS) is 9.08. The second kappa shape index (κ2) is 4.35. The van der Waals surface area contributed by atoms with Crippen LogP contribution in [0.1, 0.15) is 6.92 Å². The van der Waals surface area contributed by atoms with Gasteiger partial charge in [0.05, 0.1) is 7.11 Å². The minimum absolute atomic E-state index is 0.247. The van der Waals surface area contributed by atoms with Crippen molar-refractivity contribution in [2.24, 2.45) is 0 Å². The first-order chi connectivity index (χ1) is 6.22. The summed E-state index contributed by atoms with van der Waals surface area (Å²) < 4.78 is 4.97. The highest BCUT2D eigenvalue weighted by molar-refractivity contribution is 5.71. The summed E-state index contributed by atoms with van der Waals surface area (Å²) in [6, 6.07) is 6.96. The zero-order chi connectivity index (χ0) is 9.68. The maximum atomic E-state index is 10.5. The Morgan fingerprint density at radius 1 is 1.38 bits per heavy atom. The third kappa shape index (κ3) is 3.02. The van der Waals surface area contributed by atoms with Gasteiger partial charge in [-0.1, -0.05) is 6.07 Å². The summed E-state index contributed by atoms with van der Waals surface area (Å²) >= 11 is 0. The molecule has 0 spiro atoms. The maximum Gasteiger partial charge on any atom is 0.249 e. The van der Waals surface area contributed by atoms with E-state index < -0.39 is 0 Å². The van der Waals surface area contributed by atoms with Gasteiger partial charge in [0, 0.05) is 13.0 Å². The summed E-state index contributed by atoms with van der Waals surface area (Å²) in [5, 5.41) is 0. The molecule has 1 rings (SSSR count). The minimum atomic E-state index is -0.247. The smallest absolute Gasteiger partial charge is 0.249 e. The number of rotatable bonds is 3.